The first kappa shape index (κ1) is 9.85. The van der Waals surface area contributed by atoms with Gasteiger partial charge in [0.2, 0.25) is 0 Å². The molecule has 2 aliphatic rings. The summed E-state index contributed by atoms with van der Waals surface area (Å²) in [7, 11) is 0. The zero-order valence-corrected chi connectivity index (χ0v) is 9.29. The third-order valence-electron chi connectivity index (χ3n) is 4.01. The normalized spacial score (nSPS) is 31.2. The van der Waals surface area contributed by atoms with Crippen LogP contribution in [-0.4, -0.2) is 24.0 Å². The van der Waals surface area contributed by atoms with Crippen molar-refractivity contribution < 1.29 is 9.90 Å². The van der Waals surface area contributed by atoms with E-state index in [1.807, 2.05) is 12.1 Å². The largest absolute Gasteiger partial charge is 0.507 e. The van der Waals surface area contributed by atoms with E-state index in [4.69, 9.17) is 0 Å². The van der Waals surface area contributed by atoms with Crippen LogP contribution >= 0.6 is 0 Å². The van der Waals surface area contributed by atoms with Crippen molar-refractivity contribution in [2.75, 3.05) is 13.1 Å². The van der Waals surface area contributed by atoms with E-state index >= 15 is 0 Å². The molecule has 0 aromatic heterocycles. The van der Waals surface area contributed by atoms with Gasteiger partial charge in [0.1, 0.15) is 5.75 Å². The fourth-order valence-corrected chi connectivity index (χ4v) is 2.92. The molecule has 0 radical (unpaired) electrons. The summed E-state index contributed by atoms with van der Waals surface area (Å²) < 4.78 is 0. The molecule has 0 bridgehead atoms. The smallest absolute Gasteiger partial charge is 0.163 e. The lowest BCUT2D eigenvalue weighted by Gasteiger charge is -2.13. The van der Waals surface area contributed by atoms with Crippen LogP contribution in [0, 0.1) is 5.92 Å². The molecule has 2 unspecified atom stereocenters. The maximum absolute atomic E-state index is 11.4. The minimum atomic E-state index is -0.0705. The third kappa shape index (κ3) is 1.21. The molecule has 16 heavy (non-hydrogen) atoms. The van der Waals surface area contributed by atoms with Crippen molar-refractivity contribution in [1.29, 1.82) is 0 Å². The number of aromatic hydroxyl groups is 1. The molecule has 1 saturated heterocycles. The molecule has 1 saturated carbocycles. The number of phenols is 1. The van der Waals surface area contributed by atoms with Gasteiger partial charge in [-0.3, -0.25) is 4.79 Å². The SMILES string of the molecule is CC(=O)c1cc(C23CNCC2C3)ccc1O. The van der Waals surface area contributed by atoms with E-state index in [1.54, 1.807) is 6.07 Å². The van der Waals surface area contributed by atoms with E-state index in [2.05, 4.69) is 5.32 Å². The molecule has 84 valence electrons. The van der Waals surface area contributed by atoms with Crippen molar-refractivity contribution in [3.63, 3.8) is 0 Å². The summed E-state index contributed by atoms with van der Waals surface area (Å²) in [5, 5.41) is 13.0. The van der Waals surface area contributed by atoms with Crippen LogP contribution in [0.2, 0.25) is 0 Å². The first-order valence-electron chi connectivity index (χ1n) is 5.69. The summed E-state index contributed by atoms with van der Waals surface area (Å²) in [6, 6.07) is 5.47. The minimum Gasteiger partial charge on any atom is -0.507 e. The fraction of sp³-hybridized carbons (Fsp3) is 0.462. The van der Waals surface area contributed by atoms with Crippen molar-refractivity contribution >= 4 is 5.78 Å². The summed E-state index contributed by atoms with van der Waals surface area (Å²) in [4.78, 5) is 11.4. The van der Waals surface area contributed by atoms with E-state index in [9.17, 15) is 9.90 Å². The molecule has 2 atom stereocenters. The number of ketones is 1. The highest BCUT2D eigenvalue weighted by molar-refractivity contribution is 5.97. The van der Waals surface area contributed by atoms with Crippen molar-refractivity contribution in [2.45, 2.75) is 18.8 Å². The number of nitrogens with one attached hydrogen (secondary N) is 1. The Kier molecular flexibility index (Phi) is 1.89. The molecule has 3 heteroatoms. The van der Waals surface area contributed by atoms with E-state index in [-0.39, 0.29) is 16.9 Å². The second kappa shape index (κ2) is 3.08. The molecule has 1 aliphatic carbocycles. The van der Waals surface area contributed by atoms with Gasteiger partial charge >= 0.3 is 0 Å². The Morgan fingerprint density at radius 2 is 2.38 bits per heavy atom. The van der Waals surface area contributed by atoms with Crippen molar-refractivity contribution in [2.24, 2.45) is 5.92 Å². The lowest BCUT2D eigenvalue weighted by Crippen LogP contribution is -2.19. The predicted octanol–water partition coefficient (Wildman–Crippen LogP) is 1.46. The van der Waals surface area contributed by atoms with Crippen LogP contribution in [0.25, 0.3) is 0 Å². The zero-order chi connectivity index (χ0) is 11.3. The molecule has 3 rings (SSSR count). The summed E-state index contributed by atoms with van der Waals surface area (Å²) in [6.07, 6.45) is 1.21. The first-order chi connectivity index (χ1) is 7.63. The van der Waals surface area contributed by atoms with Gasteiger partial charge in [-0.1, -0.05) is 6.07 Å². The van der Waals surface area contributed by atoms with Crippen molar-refractivity contribution in [3.8, 4) is 5.75 Å². The Bertz CT molecular complexity index is 469. The van der Waals surface area contributed by atoms with Gasteiger partial charge in [0.15, 0.2) is 5.78 Å². The minimum absolute atomic E-state index is 0.0705. The first-order valence-corrected chi connectivity index (χ1v) is 5.69. The fourth-order valence-electron chi connectivity index (χ4n) is 2.92. The van der Waals surface area contributed by atoms with Crippen LogP contribution in [-0.2, 0) is 5.41 Å². The number of rotatable bonds is 2. The third-order valence-corrected chi connectivity index (χ3v) is 4.01. The highest BCUT2D eigenvalue weighted by Gasteiger charge is 2.58. The average molecular weight is 217 g/mol. The van der Waals surface area contributed by atoms with Gasteiger partial charge < -0.3 is 10.4 Å². The number of hydrogen-bond donors (Lipinski definition) is 2. The Hall–Kier alpha value is -1.35. The molecule has 0 spiro atoms. The summed E-state index contributed by atoms with van der Waals surface area (Å²) in [6.45, 7) is 3.57. The number of benzene rings is 1. The summed E-state index contributed by atoms with van der Waals surface area (Å²) in [5.74, 6) is 0.742. The quantitative estimate of drug-likeness (QED) is 0.737. The molecule has 0 amide bonds. The van der Waals surface area contributed by atoms with Gasteiger partial charge in [0, 0.05) is 12.0 Å². The van der Waals surface area contributed by atoms with E-state index in [1.165, 1.54) is 18.9 Å². The zero-order valence-electron chi connectivity index (χ0n) is 9.29. The number of phenolic OH excluding ortho intramolecular Hbond substituents is 1. The number of carbonyl (C=O) groups is 1. The van der Waals surface area contributed by atoms with Crippen molar-refractivity contribution in [3.05, 3.63) is 29.3 Å². The van der Waals surface area contributed by atoms with E-state index < -0.39 is 0 Å². The topological polar surface area (TPSA) is 49.3 Å². The highest BCUT2D eigenvalue weighted by Crippen LogP contribution is 2.56. The molecule has 1 aromatic rings. The van der Waals surface area contributed by atoms with Crippen LogP contribution in [0.5, 0.6) is 5.75 Å². The number of fused-ring (bicyclic) bond motifs is 1. The van der Waals surface area contributed by atoms with Gasteiger partial charge in [-0.2, -0.15) is 0 Å². The van der Waals surface area contributed by atoms with Crippen LogP contribution in [0.1, 0.15) is 29.3 Å². The Morgan fingerprint density at radius 1 is 1.56 bits per heavy atom. The molecule has 1 aromatic carbocycles. The molecule has 2 N–H and O–H groups in total. The predicted molar refractivity (Wildman–Crippen MR) is 60.8 cm³/mol. The molecular weight excluding hydrogens is 202 g/mol. The Labute approximate surface area is 94.5 Å². The number of piperidine rings is 1. The van der Waals surface area contributed by atoms with Crippen LogP contribution in [0.4, 0.5) is 0 Å². The molecular formula is C13H15NO2. The standard InChI is InChI=1S/C13H15NO2/c1-8(15)11-4-9(2-3-12(11)16)13-5-10(13)6-14-7-13/h2-4,10,14,16H,5-7H2,1H3. The maximum atomic E-state index is 11.4. The summed E-state index contributed by atoms with van der Waals surface area (Å²) in [5.41, 5.74) is 1.90. The number of carbonyl (C=O) groups excluding carboxylic acids is 1. The van der Waals surface area contributed by atoms with Crippen LogP contribution < -0.4 is 5.32 Å². The van der Waals surface area contributed by atoms with Gasteiger partial charge in [-0.15, -0.1) is 0 Å². The lowest BCUT2D eigenvalue weighted by atomic mass is 9.92. The highest BCUT2D eigenvalue weighted by atomic mass is 16.3. The van der Waals surface area contributed by atoms with Crippen molar-refractivity contribution in [1.82, 2.24) is 5.32 Å². The van der Waals surface area contributed by atoms with Gasteiger partial charge in [-0.25, -0.2) is 0 Å². The lowest BCUT2D eigenvalue weighted by molar-refractivity contribution is 0.101. The second-order valence-corrected chi connectivity index (χ2v) is 4.98. The van der Waals surface area contributed by atoms with E-state index in [0.29, 0.717) is 5.56 Å². The summed E-state index contributed by atoms with van der Waals surface area (Å²) >= 11 is 0. The maximum Gasteiger partial charge on any atom is 0.163 e. The van der Waals surface area contributed by atoms with E-state index in [0.717, 1.165) is 19.0 Å². The van der Waals surface area contributed by atoms with Gasteiger partial charge in [0.05, 0.1) is 5.56 Å². The van der Waals surface area contributed by atoms with Gasteiger partial charge in [-0.05, 0) is 43.5 Å². The monoisotopic (exact) mass is 217 g/mol. The Morgan fingerprint density at radius 3 is 2.94 bits per heavy atom. The number of Topliss-reactive ketones (excluding diaryl/α,β-unsaturated/α-hetero) is 1. The number of hydrogen-bond acceptors (Lipinski definition) is 3. The molecule has 1 aliphatic heterocycles. The second-order valence-electron chi connectivity index (χ2n) is 4.98. The van der Waals surface area contributed by atoms with Gasteiger partial charge in [0.25, 0.3) is 0 Å². The average Bonchev–Trinajstić information content (AvgIpc) is 2.82. The molecule has 1 heterocycles. The molecule has 3 nitrogen and oxygen atoms in total. The van der Waals surface area contributed by atoms with Crippen LogP contribution in [0.3, 0.4) is 0 Å². The Balaban J connectivity index is 2.03. The molecule has 2 fully saturated rings. The van der Waals surface area contributed by atoms with Crippen LogP contribution in [0.15, 0.2) is 18.2 Å².